The molecule has 0 amide bonds. The van der Waals surface area contributed by atoms with E-state index >= 15 is 0 Å². The van der Waals surface area contributed by atoms with Crippen LogP contribution < -0.4 is 0 Å². The van der Waals surface area contributed by atoms with Crippen LogP contribution in [0, 0.1) is 0 Å². The number of methoxy groups -OCH3 is 1. The maximum absolute atomic E-state index is 13.2. The van der Waals surface area contributed by atoms with Crippen molar-refractivity contribution in [1.82, 2.24) is 9.21 Å². The highest BCUT2D eigenvalue weighted by Crippen LogP contribution is 2.29. The average molecular weight is 415 g/mol. The van der Waals surface area contributed by atoms with Crippen LogP contribution in [0.1, 0.15) is 48.9 Å². The Labute approximate surface area is 166 Å². The fourth-order valence-corrected chi connectivity index (χ4v) is 6.03. The lowest BCUT2D eigenvalue weighted by Gasteiger charge is -2.38. The zero-order chi connectivity index (χ0) is 19.4. The summed E-state index contributed by atoms with van der Waals surface area (Å²) in [5.41, 5.74) is 0.238. The SMILES string of the molecule is COC(=O)c1ccc(S(=O)(=O)N2CCCC(N3CCCCCC3)C2)c(Cl)c1. The van der Waals surface area contributed by atoms with E-state index in [1.54, 1.807) is 4.31 Å². The molecule has 0 N–H and O–H groups in total. The van der Waals surface area contributed by atoms with Crippen molar-refractivity contribution >= 4 is 27.6 Å². The molecule has 2 fully saturated rings. The molecule has 0 saturated carbocycles. The first kappa shape index (κ1) is 20.6. The number of ether oxygens (including phenoxy) is 1. The van der Waals surface area contributed by atoms with Gasteiger partial charge in [-0.3, -0.25) is 4.90 Å². The molecule has 1 aromatic carbocycles. The summed E-state index contributed by atoms with van der Waals surface area (Å²) in [5, 5.41) is 0.0507. The number of halogens is 1. The molecule has 0 radical (unpaired) electrons. The number of piperidine rings is 1. The molecule has 0 bridgehead atoms. The number of nitrogens with zero attached hydrogens (tertiary/aromatic N) is 2. The van der Waals surface area contributed by atoms with Crippen LogP contribution in [0.3, 0.4) is 0 Å². The zero-order valence-electron chi connectivity index (χ0n) is 15.7. The van der Waals surface area contributed by atoms with Crippen LogP contribution in [0.4, 0.5) is 0 Å². The summed E-state index contributed by atoms with van der Waals surface area (Å²) in [6.07, 6.45) is 6.76. The van der Waals surface area contributed by atoms with E-state index < -0.39 is 16.0 Å². The Hall–Kier alpha value is -1.15. The van der Waals surface area contributed by atoms with Gasteiger partial charge in [-0.05, 0) is 57.0 Å². The molecule has 150 valence electrons. The second-order valence-electron chi connectivity index (χ2n) is 7.25. The minimum atomic E-state index is -3.70. The van der Waals surface area contributed by atoms with Crippen LogP contribution >= 0.6 is 11.6 Å². The molecule has 2 heterocycles. The van der Waals surface area contributed by atoms with Gasteiger partial charge in [-0.2, -0.15) is 4.31 Å². The molecule has 8 heteroatoms. The number of esters is 1. The summed E-state index contributed by atoms with van der Waals surface area (Å²) >= 11 is 6.22. The number of rotatable bonds is 4. The maximum Gasteiger partial charge on any atom is 0.337 e. The van der Waals surface area contributed by atoms with Crippen LogP contribution in [-0.2, 0) is 14.8 Å². The van der Waals surface area contributed by atoms with Crippen molar-refractivity contribution in [2.24, 2.45) is 0 Å². The molecule has 0 spiro atoms. The van der Waals surface area contributed by atoms with Crippen LogP contribution in [0.5, 0.6) is 0 Å². The van der Waals surface area contributed by atoms with Gasteiger partial charge < -0.3 is 4.74 Å². The molecule has 3 rings (SSSR count). The molecule has 0 aliphatic carbocycles. The first-order valence-corrected chi connectivity index (χ1v) is 11.4. The number of carbonyl (C=O) groups excluding carboxylic acids is 1. The number of benzene rings is 1. The Morgan fingerprint density at radius 3 is 2.44 bits per heavy atom. The highest BCUT2D eigenvalue weighted by molar-refractivity contribution is 7.89. The van der Waals surface area contributed by atoms with E-state index in [9.17, 15) is 13.2 Å². The van der Waals surface area contributed by atoms with Gasteiger partial charge in [0, 0.05) is 19.1 Å². The summed E-state index contributed by atoms with van der Waals surface area (Å²) in [5.74, 6) is -0.542. The van der Waals surface area contributed by atoms with Crippen molar-refractivity contribution in [1.29, 1.82) is 0 Å². The molecule has 27 heavy (non-hydrogen) atoms. The molecule has 1 atom stereocenters. The molecule has 6 nitrogen and oxygen atoms in total. The first-order valence-electron chi connectivity index (χ1n) is 9.55. The Morgan fingerprint density at radius 2 is 1.81 bits per heavy atom. The standard InChI is InChI=1S/C19H27ClN2O4S/c1-26-19(23)15-8-9-18(17(20)13-15)27(24,25)22-12-6-7-16(14-22)21-10-4-2-3-5-11-21/h8-9,13,16H,2-7,10-12,14H2,1H3. The highest BCUT2D eigenvalue weighted by Gasteiger charge is 2.34. The molecule has 1 unspecified atom stereocenters. The van der Waals surface area contributed by atoms with Crippen LogP contribution in [0.25, 0.3) is 0 Å². The van der Waals surface area contributed by atoms with Gasteiger partial charge in [0.2, 0.25) is 10.0 Å². The smallest absolute Gasteiger partial charge is 0.337 e. The second-order valence-corrected chi connectivity index (χ2v) is 9.56. The van der Waals surface area contributed by atoms with E-state index in [0.29, 0.717) is 13.1 Å². The Morgan fingerprint density at radius 1 is 1.11 bits per heavy atom. The number of carbonyl (C=O) groups is 1. The van der Waals surface area contributed by atoms with Crippen molar-refractivity contribution in [3.63, 3.8) is 0 Å². The van der Waals surface area contributed by atoms with Crippen LogP contribution in [0.15, 0.2) is 23.1 Å². The molecule has 2 saturated heterocycles. The molecule has 0 aromatic heterocycles. The van der Waals surface area contributed by atoms with Crippen molar-refractivity contribution < 1.29 is 17.9 Å². The largest absolute Gasteiger partial charge is 0.465 e. The predicted octanol–water partition coefficient (Wildman–Crippen LogP) is 3.16. The highest BCUT2D eigenvalue weighted by atomic mass is 35.5. The average Bonchev–Trinajstić information content (AvgIpc) is 2.96. The van der Waals surface area contributed by atoms with E-state index in [1.807, 2.05) is 0 Å². The quantitative estimate of drug-likeness (QED) is 0.708. The monoisotopic (exact) mass is 414 g/mol. The fraction of sp³-hybridized carbons (Fsp3) is 0.632. The van der Waals surface area contributed by atoms with Gasteiger partial charge in [-0.15, -0.1) is 0 Å². The Bertz CT molecular complexity index is 776. The van der Waals surface area contributed by atoms with Gasteiger partial charge in [0.05, 0.1) is 17.7 Å². The summed E-state index contributed by atoms with van der Waals surface area (Å²) < 4.78 is 32.5. The third kappa shape index (κ3) is 4.65. The second kappa shape index (κ2) is 8.90. The van der Waals surface area contributed by atoms with Gasteiger partial charge in [0.15, 0.2) is 0 Å². The summed E-state index contributed by atoms with van der Waals surface area (Å²) in [6, 6.07) is 4.47. The van der Waals surface area contributed by atoms with Crippen molar-refractivity contribution in [2.45, 2.75) is 49.5 Å². The van der Waals surface area contributed by atoms with Gasteiger partial charge >= 0.3 is 5.97 Å². The molecular formula is C19H27ClN2O4S. The van der Waals surface area contributed by atoms with Crippen molar-refractivity contribution in [3.05, 3.63) is 28.8 Å². The van der Waals surface area contributed by atoms with E-state index in [0.717, 1.165) is 25.9 Å². The normalized spacial score (nSPS) is 23.0. The van der Waals surface area contributed by atoms with E-state index in [-0.39, 0.29) is 21.5 Å². The zero-order valence-corrected chi connectivity index (χ0v) is 17.3. The molecule has 2 aliphatic rings. The minimum Gasteiger partial charge on any atom is -0.465 e. The number of sulfonamides is 1. The minimum absolute atomic E-state index is 0.0494. The van der Waals surface area contributed by atoms with Crippen LogP contribution in [0.2, 0.25) is 5.02 Å². The number of hydrogen-bond donors (Lipinski definition) is 0. The van der Waals surface area contributed by atoms with Gasteiger partial charge in [0.1, 0.15) is 4.90 Å². The molecule has 2 aliphatic heterocycles. The predicted molar refractivity (Wildman–Crippen MR) is 105 cm³/mol. The molecular weight excluding hydrogens is 388 g/mol. The first-order chi connectivity index (χ1) is 12.9. The lowest BCUT2D eigenvalue weighted by molar-refractivity contribution is 0.0600. The van der Waals surface area contributed by atoms with Crippen molar-refractivity contribution in [3.8, 4) is 0 Å². The summed E-state index contributed by atoms with van der Waals surface area (Å²) in [6.45, 7) is 3.10. The maximum atomic E-state index is 13.2. The number of likely N-dealkylation sites (tertiary alicyclic amines) is 1. The van der Waals surface area contributed by atoms with Crippen molar-refractivity contribution in [2.75, 3.05) is 33.3 Å². The third-order valence-corrected chi connectivity index (χ3v) is 7.84. The van der Waals surface area contributed by atoms with E-state index in [2.05, 4.69) is 9.64 Å². The third-order valence-electron chi connectivity index (χ3n) is 5.49. The lowest BCUT2D eigenvalue weighted by atomic mass is 10.1. The van der Waals surface area contributed by atoms with E-state index in [1.165, 1.54) is 51.0 Å². The Kier molecular flexibility index (Phi) is 6.78. The Balaban J connectivity index is 1.78. The fourth-order valence-electron chi connectivity index (χ4n) is 3.99. The topological polar surface area (TPSA) is 66.9 Å². The summed E-state index contributed by atoms with van der Waals surface area (Å²) in [7, 11) is -2.42. The van der Waals surface area contributed by atoms with Gasteiger partial charge in [0.25, 0.3) is 0 Å². The van der Waals surface area contributed by atoms with Gasteiger partial charge in [-0.1, -0.05) is 24.4 Å². The lowest BCUT2D eigenvalue weighted by Crippen LogP contribution is -2.50. The van der Waals surface area contributed by atoms with Crippen LogP contribution in [-0.4, -0.2) is 62.9 Å². The molecule has 1 aromatic rings. The van der Waals surface area contributed by atoms with Gasteiger partial charge in [-0.25, -0.2) is 13.2 Å². The van der Waals surface area contributed by atoms with E-state index in [4.69, 9.17) is 11.6 Å². The summed E-state index contributed by atoms with van der Waals surface area (Å²) in [4.78, 5) is 14.1. The number of hydrogen-bond acceptors (Lipinski definition) is 5.